The molecule has 0 spiro atoms. The van der Waals surface area contributed by atoms with Gasteiger partial charge in [0.05, 0.1) is 5.56 Å². The molecule has 0 aliphatic carbocycles. The lowest BCUT2D eigenvalue weighted by atomic mass is 10.2. The Morgan fingerprint density at radius 2 is 1.54 bits per heavy atom. The van der Waals surface area contributed by atoms with Crippen LogP contribution in [0.1, 0.15) is 5.56 Å². The second kappa shape index (κ2) is 7.00. The first kappa shape index (κ1) is 18.3. The van der Waals surface area contributed by atoms with Crippen LogP contribution in [0.3, 0.4) is 0 Å². The van der Waals surface area contributed by atoms with Crippen LogP contribution in [0.2, 0.25) is 0 Å². The summed E-state index contributed by atoms with van der Waals surface area (Å²) in [7, 11) is -3.64. The first-order valence-corrected chi connectivity index (χ1v) is 9.71. The van der Waals surface area contributed by atoms with Crippen LogP contribution in [-0.2, 0) is 16.2 Å². The normalized spacial score (nSPS) is 12.0. The van der Waals surface area contributed by atoms with Crippen molar-refractivity contribution in [1.82, 2.24) is 0 Å². The molecule has 1 aromatic heterocycles. The maximum atomic E-state index is 12.7. The van der Waals surface area contributed by atoms with E-state index in [2.05, 4.69) is 10.0 Å². The van der Waals surface area contributed by atoms with Gasteiger partial charge in [-0.2, -0.15) is 13.2 Å². The van der Waals surface area contributed by atoms with E-state index in [-0.39, 0.29) is 9.90 Å². The summed E-state index contributed by atoms with van der Waals surface area (Å²) < 4.78 is 65.2. The van der Waals surface area contributed by atoms with E-state index in [1.807, 2.05) is 0 Å². The Labute approximate surface area is 152 Å². The zero-order valence-electron chi connectivity index (χ0n) is 13.1. The van der Waals surface area contributed by atoms with Gasteiger partial charge in [0.1, 0.15) is 4.21 Å². The van der Waals surface area contributed by atoms with Gasteiger partial charge in [0.25, 0.3) is 10.0 Å². The fourth-order valence-corrected chi connectivity index (χ4v) is 4.23. The predicted molar refractivity (Wildman–Crippen MR) is 96.3 cm³/mol. The number of nitrogens with one attached hydrogen (secondary N) is 2. The quantitative estimate of drug-likeness (QED) is 0.612. The number of hydrogen-bond donors (Lipinski definition) is 2. The van der Waals surface area contributed by atoms with Gasteiger partial charge in [-0.05, 0) is 53.9 Å². The van der Waals surface area contributed by atoms with Gasteiger partial charge in [-0.1, -0.05) is 12.1 Å². The highest BCUT2D eigenvalue weighted by Gasteiger charge is 2.30. The van der Waals surface area contributed by atoms with Gasteiger partial charge in [0.15, 0.2) is 0 Å². The van der Waals surface area contributed by atoms with Crippen molar-refractivity contribution in [3.8, 4) is 0 Å². The Morgan fingerprint density at radius 3 is 2.15 bits per heavy atom. The average molecular weight is 398 g/mol. The molecule has 2 aromatic carbocycles. The molecule has 3 rings (SSSR count). The number of thiophene rings is 1. The van der Waals surface area contributed by atoms with Crippen LogP contribution < -0.4 is 10.0 Å². The Morgan fingerprint density at radius 1 is 0.846 bits per heavy atom. The van der Waals surface area contributed by atoms with E-state index in [0.29, 0.717) is 11.4 Å². The lowest BCUT2D eigenvalue weighted by Crippen LogP contribution is -2.11. The Balaban J connectivity index is 1.73. The molecule has 4 nitrogen and oxygen atoms in total. The molecule has 0 aliphatic heterocycles. The number of alkyl halides is 3. The summed E-state index contributed by atoms with van der Waals surface area (Å²) in [5, 5.41) is 4.52. The Kier molecular flexibility index (Phi) is 4.92. The van der Waals surface area contributed by atoms with E-state index in [0.717, 1.165) is 23.5 Å². The summed E-state index contributed by atoms with van der Waals surface area (Å²) in [5.41, 5.74) is 0.422. The summed E-state index contributed by atoms with van der Waals surface area (Å²) in [4.78, 5) is 0. The molecule has 0 saturated carbocycles. The maximum Gasteiger partial charge on any atom is 0.416 e. The molecular weight excluding hydrogens is 385 g/mol. The number of benzene rings is 2. The zero-order chi connectivity index (χ0) is 18.8. The monoisotopic (exact) mass is 398 g/mol. The second-order valence-electron chi connectivity index (χ2n) is 5.32. The molecule has 0 amide bonds. The summed E-state index contributed by atoms with van der Waals surface area (Å²) in [5.74, 6) is 0. The first-order valence-electron chi connectivity index (χ1n) is 7.35. The van der Waals surface area contributed by atoms with Crippen molar-refractivity contribution in [3.05, 3.63) is 71.6 Å². The molecule has 0 unspecified atom stereocenters. The van der Waals surface area contributed by atoms with Crippen molar-refractivity contribution in [2.75, 3.05) is 10.0 Å². The number of sulfonamides is 1. The largest absolute Gasteiger partial charge is 0.416 e. The molecule has 0 fully saturated rings. The van der Waals surface area contributed by atoms with E-state index in [1.165, 1.54) is 30.3 Å². The van der Waals surface area contributed by atoms with Crippen molar-refractivity contribution in [2.24, 2.45) is 0 Å². The van der Waals surface area contributed by atoms with E-state index in [4.69, 9.17) is 0 Å². The SMILES string of the molecule is O=S(=O)(Nc1ccc(Nc2cccc(C(F)(F)F)c2)cc1)c1cccs1. The third-order valence-corrected chi connectivity index (χ3v) is 6.15. The topological polar surface area (TPSA) is 58.2 Å². The van der Waals surface area contributed by atoms with Crippen molar-refractivity contribution < 1.29 is 21.6 Å². The molecule has 136 valence electrons. The van der Waals surface area contributed by atoms with Gasteiger partial charge in [-0.3, -0.25) is 4.72 Å². The van der Waals surface area contributed by atoms with Gasteiger partial charge >= 0.3 is 6.18 Å². The van der Waals surface area contributed by atoms with Crippen molar-refractivity contribution in [2.45, 2.75) is 10.4 Å². The second-order valence-corrected chi connectivity index (χ2v) is 8.18. The van der Waals surface area contributed by atoms with Crippen LogP contribution in [0.15, 0.2) is 70.3 Å². The maximum absolute atomic E-state index is 12.7. The van der Waals surface area contributed by atoms with Gasteiger partial charge in [0.2, 0.25) is 0 Å². The highest BCUT2D eigenvalue weighted by Crippen LogP contribution is 2.31. The number of hydrogen-bond acceptors (Lipinski definition) is 4. The molecule has 26 heavy (non-hydrogen) atoms. The van der Waals surface area contributed by atoms with E-state index in [1.54, 1.807) is 23.6 Å². The molecule has 0 bridgehead atoms. The number of halogens is 3. The molecular formula is C17H13F3N2O2S2. The highest BCUT2D eigenvalue weighted by molar-refractivity contribution is 7.94. The van der Waals surface area contributed by atoms with Crippen molar-refractivity contribution in [3.63, 3.8) is 0 Å². The van der Waals surface area contributed by atoms with Crippen LogP contribution in [0.25, 0.3) is 0 Å². The molecule has 9 heteroatoms. The molecule has 3 aromatic rings. The van der Waals surface area contributed by atoms with Crippen molar-refractivity contribution in [1.29, 1.82) is 0 Å². The molecule has 0 atom stereocenters. The van der Waals surface area contributed by atoms with Crippen LogP contribution >= 0.6 is 11.3 Å². The Bertz CT molecular complexity index is 984. The molecule has 2 N–H and O–H groups in total. The lowest BCUT2D eigenvalue weighted by Gasteiger charge is -2.11. The summed E-state index contributed by atoms with van der Waals surface area (Å²) in [6.45, 7) is 0. The highest BCUT2D eigenvalue weighted by atomic mass is 32.2. The van der Waals surface area contributed by atoms with Crippen LogP contribution in [-0.4, -0.2) is 8.42 Å². The number of rotatable bonds is 5. The van der Waals surface area contributed by atoms with Gasteiger partial charge < -0.3 is 5.32 Å². The molecule has 1 heterocycles. The smallest absolute Gasteiger partial charge is 0.356 e. The molecule has 0 saturated heterocycles. The molecule has 0 aliphatic rings. The standard InChI is InChI=1S/C17H13F3N2O2S2/c18-17(19,20)12-3-1-4-15(11-12)21-13-6-8-14(9-7-13)22-26(23,24)16-5-2-10-25-16/h1-11,21-22H. The summed E-state index contributed by atoms with van der Waals surface area (Å²) >= 11 is 1.10. The summed E-state index contributed by atoms with van der Waals surface area (Å²) in [6.07, 6.45) is -4.42. The average Bonchev–Trinajstić information content (AvgIpc) is 3.11. The fourth-order valence-electron chi connectivity index (χ4n) is 2.18. The fraction of sp³-hybridized carbons (Fsp3) is 0.0588. The predicted octanol–water partition coefficient (Wildman–Crippen LogP) is 5.31. The van der Waals surface area contributed by atoms with Gasteiger partial charge in [-0.15, -0.1) is 11.3 Å². The minimum atomic E-state index is -4.42. The van der Waals surface area contributed by atoms with E-state index in [9.17, 15) is 21.6 Å². The van der Waals surface area contributed by atoms with Crippen LogP contribution in [0, 0.1) is 0 Å². The van der Waals surface area contributed by atoms with Gasteiger partial charge in [-0.25, -0.2) is 8.42 Å². The molecule has 0 radical (unpaired) electrons. The van der Waals surface area contributed by atoms with Crippen LogP contribution in [0.4, 0.5) is 30.2 Å². The zero-order valence-corrected chi connectivity index (χ0v) is 14.8. The van der Waals surface area contributed by atoms with E-state index < -0.39 is 21.8 Å². The number of anilines is 3. The van der Waals surface area contributed by atoms with Gasteiger partial charge in [0, 0.05) is 17.1 Å². The minimum Gasteiger partial charge on any atom is -0.356 e. The van der Waals surface area contributed by atoms with Crippen molar-refractivity contribution >= 4 is 38.4 Å². The van der Waals surface area contributed by atoms with Crippen LogP contribution in [0.5, 0.6) is 0 Å². The minimum absolute atomic E-state index is 0.198. The Hall–Kier alpha value is -2.52. The third kappa shape index (κ3) is 4.36. The lowest BCUT2D eigenvalue weighted by molar-refractivity contribution is -0.137. The third-order valence-electron chi connectivity index (χ3n) is 3.38. The van der Waals surface area contributed by atoms with E-state index >= 15 is 0 Å². The first-order chi connectivity index (χ1) is 12.2. The summed E-state index contributed by atoms with van der Waals surface area (Å²) in [6, 6.07) is 14.2.